The Kier molecular flexibility index (Phi) is 4.81. The molecule has 0 radical (unpaired) electrons. The van der Waals surface area contributed by atoms with Crippen molar-refractivity contribution >= 4 is 0 Å². The molecule has 0 bridgehead atoms. The van der Waals surface area contributed by atoms with Crippen molar-refractivity contribution in [2.24, 2.45) is 51.2 Å². The molecule has 174 valence electrons. The van der Waals surface area contributed by atoms with Crippen LogP contribution < -0.4 is 0 Å². The summed E-state index contributed by atoms with van der Waals surface area (Å²) < 4.78 is 0. The van der Waals surface area contributed by atoms with Gasteiger partial charge in [-0.25, -0.2) is 0 Å². The molecule has 5 aliphatic carbocycles. The lowest BCUT2D eigenvalue weighted by Crippen LogP contribution is -2.67. The van der Waals surface area contributed by atoms with Crippen LogP contribution >= 0.6 is 0 Å². The van der Waals surface area contributed by atoms with Crippen molar-refractivity contribution in [1.82, 2.24) is 0 Å². The summed E-state index contributed by atoms with van der Waals surface area (Å²) >= 11 is 0. The predicted molar refractivity (Wildman–Crippen MR) is 127 cm³/mol. The third-order valence-electron chi connectivity index (χ3n) is 12.6. The maximum absolute atomic E-state index is 11.5. The number of hydrogen-bond donors (Lipinski definition) is 2. The Balaban J connectivity index is 1.55. The standard InChI is InChI=1S/C29H46O2/c1-17(2)19-10-13-26(4)20(19)11-15-28(6)23(26)8-9-24-27(5)14-12-21(30)18(3)25(27)22(31)16-29(24,28)7/h19-25,30-31H,1,3,8-16H2,2,4-7H3/t19-,20-,21-,22+,23+,24+,25+,26-,27+,28+,29+/m0/s1. The third-order valence-corrected chi connectivity index (χ3v) is 12.6. The van der Waals surface area contributed by atoms with E-state index in [1.165, 1.54) is 44.1 Å². The second kappa shape index (κ2) is 6.72. The molecule has 0 aliphatic heterocycles. The van der Waals surface area contributed by atoms with Crippen molar-refractivity contribution in [2.75, 3.05) is 0 Å². The normalized spacial score (nSPS) is 58.7. The van der Waals surface area contributed by atoms with E-state index in [0.29, 0.717) is 17.3 Å². The van der Waals surface area contributed by atoms with Gasteiger partial charge in [0.05, 0.1) is 12.2 Å². The summed E-state index contributed by atoms with van der Waals surface area (Å²) in [5.74, 6) is 2.92. The van der Waals surface area contributed by atoms with Gasteiger partial charge in [-0.05, 0) is 116 Å². The van der Waals surface area contributed by atoms with Crippen LogP contribution in [-0.2, 0) is 0 Å². The molecule has 5 saturated carbocycles. The molecule has 5 fully saturated rings. The molecule has 0 spiro atoms. The molecule has 2 heteroatoms. The lowest BCUT2D eigenvalue weighted by atomic mass is 9.32. The topological polar surface area (TPSA) is 40.5 Å². The molecule has 2 nitrogen and oxygen atoms in total. The zero-order valence-electron chi connectivity index (χ0n) is 20.7. The maximum Gasteiger partial charge on any atom is 0.0751 e. The van der Waals surface area contributed by atoms with Gasteiger partial charge in [-0.15, -0.1) is 0 Å². The Hall–Kier alpha value is -0.600. The molecule has 0 aromatic heterocycles. The largest absolute Gasteiger partial charge is 0.392 e. The number of hydrogen-bond acceptors (Lipinski definition) is 2. The number of rotatable bonds is 1. The van der Waals surface area contributed by atoms with Crippen LogP contribution in [0.25, 0.3) is 0 Å². The smallest absolute Gasteiger partial charge is 0.0751 e. The molecular weight excluding hydrogens is 380 g/mol. The SMILES string of the molecule is C=C1[C@@H]2[C@H](O)C[C@]3(C)[C@H](CC[C@@H]4[C@@]5(C)CC[C@@H](C(=C)C)[C@@H]5CC[C@]43C)[C@@]2(C)CC[C@@H]1O. The Morgan fingerprint density at radius 3 is 2.10 bits per heavy atom. The highest BCUT2D eigenvalue weighted by Crippen LogP contribution is 2.77. The number of aliphatic hydroxyl groups excluding tert-OH is 2. The molecule has 0 aromatic rings. The first-order valence-corrected chi connectivity index (χ1v) is 13.1. The van der Waals surface area contributed by atoms with E-state index in [9.17, 15) is 10.2 Å². The molecule has 0 saturated heterocycles. The van der Waals surface area contributed by atoms with Gasteiger partial charge in [0.15, 0.2) is 0 Å². The average molecular weight is 427 g/mol. The fraction of sp³-hybridized carbons (Fsp3) is 0.862. The Bertz CT molecular complexity index is 801. The minimum absolute atomic E-state index is 0.0562. The molecule has 0 unspecified atom stereocenters. The number of allylic oxidation sites excluding steroid dienone is 1. The van der Waals surface area contributed by atoms with E-state index in [1.807, 2.05) is 0 Å². The minimum Gasteiger partial charge on any atom is -0.392 e. The quantitative estimate of drug-likeness (QED) is 0.468. The van der Waals surface area contributed by atoms with Crippen LogP contribution in [0.1, 0.15) is 92.4 Å². The van der Waals surface area contributed by atoms with Crippen LogP contribution in [-0.4, -0.2) is 22.4 Å². The first kappa shape index (κ1) is 22.2. The molecule has 5 aliphatic rings. The second-order valence-corrected chi connectivity index (χ2v) is 13.5. The fourth-order valence-corrected chi connectivity index (χ4v) is 11.1. The summed E-state index contributed by atoms with van der Waals surface area (Å²) in [4.78, 5) is 0. The zero-order valence-corrected chi connectivity index (χ0v) is 20.7. The highest BCUT2D eigenvalue weighted by molar-refractivity contribution is 5.26. The maximum atomic E-state index is 11.5. The van der Waals surface area contributed by atoms with Crippen LogP contribution in [0.5, 0.6) is 0 Å². The average Bonchev–Trinajstić information content (AvgIpc) is 3.03. The van der Waals surface area contributed by atoms with Crippen molar-refractivity contribution < 1.29 is 10.2 Å². The van der Waals surface area contributed by atoms with E-state index in [-0.39, 0.29) is 28.3 Å². The van der Waals surface area contributed by atoms with Crippen LogP contribution in [0.3, 0.4) is 0 Å². The van der Waals surface area contributed by atoms with Crippen molar-refractivity contribution in [3.8, 4) is 0 Å². The van der Waals surface area contributed by atoms with E-state index in [1.54, 1.807) is 0 Å². The van der Waals surface area contributed by atoms with Crippen molar-refractivity contribution in [3.63, 3.8) is 0 Å². The first-order chi connectivity index (χ1) is 14.4. The van der Waals surface area contributed by atoms with Crippen molar-refractivity contribution in [3.05, 3.63) is 24.3 Å². The summed E-state index contributed by atoms with van der Waals surface area (Å²) in [5, 5.41) is 22.1. The molecule has 0 amide bonds. The van der Waals surface area contributed by atoms with Gasteiger partial charge in [0.25, 0.3) is 0 Å². The van der Waals surface area contributed by atoms with Gasteiger partial charge in [0, 0.05) is 5.92 Å². The number of fused-ring (bicyclic) bond motifs is 7. The molecule has 11 atom stereocenters. The van der Waals surface area contributed by atoms with E-state index in [4.69, 9.17) is 0 Å². The first-order valence-electron chi connectivity index (χ1n) is 13.1. The number of aliphatic hydroxyl groups is 2. The summed E-state index contributed by atoms with van der Waals surface area (Å²) in [6.07, 6.45) is 9.81. The van der Waals surface area contributed by atoms with Crippen molar-refractivity contribution in [2.45, 2.75) is 105 Å². The van der Waals surface area contributed by atoms with Crippen LogP contribution in [0, 0.1) is 51.2 Å². The van der Waals surface area contributed by atoms with E-state index in [0.717, 1.165) is 36.7 Å². The van der Waals surface area contributed by atoms with Crippen LogP contribution in [0.15, 0.2) is 24.3 Å². The van der Waals surface area contributed by atoms with Gasteiger partial charge in [-0.1, -0.05) is 46.4 Å². The van der Waals surface area contributed by atoms with E-state index in [2.05, 4.69) is 47.8 Å². The van der Waals surface area contributed by atoms with E-state index >= 15 is 0 Å². The molecule has 31 heavy (non-hydrogen) atoms. The molecular formula is C29H46O2. The van der Waals surface area contributed by atoms with Crippen LogP contribution in [0.4, 0.5) is 0 Å². The lowest BCUT2D eigenvalue weighted by Gasteiger charge is -2.72. The Labute approximate surface area is 190 Å². The van der Waals surface area contributed by atoms with Gasteiger partial charge < -0.3 is 10.2 Å². The summed E-state index contributed by atoms with van der Waals surface area (Å²) in [6, 6.07) is 0. The third kappa shape index (κ3) is 2.59. The summed E-state index contributed by atoms with van der Waals surface area (Å²) in [6.45, 7) is 21.1. The Morgan fingerprint density at radius 2 is 1.45 bits per heavy atom. The zero-order chi connectivity index (χ0) is 22.6. The fourth-order valence-electron chi connectivity index (χ4n) is 11.1. The lowest BCUT2D eigenvalue weighted by molar-refractivity contribution is -0.246. The summed E-state index contributed by atoms with van der Waals surface area (Å²) in [7, 11) is 0. The van der Waals surface area contributed by atoms with Gasteiger partial charge in [0.1, 0.15) is 0 Å². The van der Waals surface area contributed by atoms with Gasteiger partial charge in [-0.2, -0.15) is 0 Å². The van der Waals surface area contributed by atoms with Crippen molar-refractivity contribution in [1.29, 1.82) is 0 Å². The highest BCUT2D eigenvalue weighted by Gasteiger charge is 2.71. The van der Waals surface area contributed by atoms with Crippen LogP contribution in [0.2, 0.25) is 0 Å². The van der Waals surface area contributed by atoms with Gasteiger partial charge in [0.2, 0.25) is 0 Å². The summed E-state index contributed by atoms with van der Waals surface area (Å²) in [5.41, 5.74) is 3.21. The highest BCUT2D eigenvalue weighted by atomic mass is 16.3. The van der Waals surface area contributed by atoms with Gasteiger partial charge in [-0.3, -0.25) is 0 Å². The van der Waals surface area contributed by atoms with Gasteiger partial charge >= 0.3 is 0 Å². The predicted octanol–water partition coefficient (Wildman–Crippen LogP) is 6.53. The van der Waals surface area contributed by atoms with E-state index < -0.39 is 6.10 Å². The molecule has 0 aromatic carbocycles. The molecule has 5 rings (SSSR count). The Morgan fingerprint density at radius 1 is 0.839 bits per heavy atom. The molecule has 2 N–H and O–H groups in total. The monoisotopic (exact) mass is 426 g/mol. The second-order valence-electron chi connectivity index (χ2n) is 13.5. The minimum atomic E-state index is -0.434. The molecule has 0 heterocycles.